The van der Waals surface area contributed by atoms with Gasteiger partial charge >= 0.3 is 6.18 Å². The van der Waals surface area contributed by atoms with Crippen LogP contribution in [0.15, 0.2) is 24.3 Å². The van der Waals surface area contributed by atoms with E-state index in [9.17, 15) is 27.6 Å². The number of benzene rings is 1. The first-order chi connectivity index (χ1) is 15.6. The third kappa shape index (κ3) is 5.80. The minimum atomic E-state index is -4.51. The van der Waals surface area contributed by atoms with Crippen molar-refractivity contribution >= 4 is 17.6 Å². The lowest BCUT2D eigenvalue weighted by molar-refractivity contribution is -0.137. The number of nitrogens with one attached hydrogen (secondary N) is 1. The van der Waals surface area contributed by atoms with E-state index in [2.05, 4.69) is 10.4 Å². The zero-order chi connectivity index (χ0) is 24.2. The average molecular weight is 464 g/mol. The van der Waals surface area contributed by atoms with Crippen LogP contribution in [0.25, 0.3) is 5.69 Å². The third-order valence-electron chi connectivity index (χ3n) is 5.70. The van der Waals surface area contributed by atoms with Gasteiger partial charge in [-0.25, -0.2) is 4.68 Å². The van der Waals surface area contributed by atoms with Crippen molar-refractivity contribution < 1.29 is 27.6 Å². The molecule has 0 aliphatic carbocycles. The van der Waals surface area contributed by atoms with E-state index in [0.29, 0.717) is 25.9 Å². The Balaban J connectivity index is 1.65. The van der Waals surface area contributed by atoms with Gasteiger partial charge in [-0.3, -0.25) is 14.4 Å². The average Bonchev–Trinajstić information content (AvgIpc) is 2.92. The maximum Gasteiger partial charge on any atom is 0.416 e. The van der Waals surface area contributed by atoms with Crippen LogP contribution < -0.4 is 5.32 Å². The number of aromatic nitrogens is 2. The summed E-state index contributed by atoms with van der Waals surface area (Å²) in [7, 11) is 0. The SMILES string of the molecule is Cc1nn(-c2cccc(C(F)(F)F)c2)c(C)c1C(=O)C(=O)NCCCN1CCCCCC1=O. The minimum Gasteiger partial charge on any atom is -0.349 e. The Morgan fingerprint density at radius 1 is 1.15 bits per heavy atom. The molecule has 3 rings (SSSR count). The molecule has 10 heteroatoms. The Morgan fingerprint density at radius 3 is 2.64 bits per heavy atom. The van der Waals surface area contributed by atoms with Crippen LogP contribution in [0.1, 0.15) is 59.4 Å². The molecule has 1 aromatic heterocycles. The third-order valence-corrected chi connectivity index (χ3v) is 5.70. The second kappa shape index (κ2) is 10.2. The van der Waals surface area contributed by atoms with Crippen LogP contribution in [0, 0.1) is 13.8 Å². The number of aryl methyl sites for hydroxylation is 1. The largest absolute Gasteiger partial charge is 0.416 e. The molecule has 1 aliphatic rings. The van der Waals surface area contributed by atoms with Gasteiger partial charge in [0, 0.05) is 26.1 Å². The number of likely N-dealkylation sites (tertiary alicyclic amines) is 1. The van der Waals surface area contributed by atoms with Crippen molar-refractivity contribution in [3.05, 3.63) is 46.8 Å². The highest BCUT2D eigenvalue weighted by Crippen LogP contribution is 2.31. The highest BCUT2D eigenvalue weighted by molar-refractivity contribution is 6.43. The number of halogens is 3. The molecule has 1 fully saturated rings. The fourth-order valence-electron chi connectivity index (χ4n) is 3.98. The van der Waals surface area contributed by atoms with Gasteiger partial charge < -0.3 is 10.2 Å². The number of hydrogen-bond donors (Lipinski definition) is 1. The molecule has 1 aliphatic heterocycles. The van der Waals surface area contributed by atoms with Crippen LogP contribution in [-0.2, 0) is 15.8 Å². The Bertz CT molecular complexity index is 1050. The lowest BCUT2D eigenvalue weighted by atomic mass is 10.1. The fraction of sp³-hybridized carbons (Fsp3) is 0.478. The highest BCUT2D eigenvalue weighted by atomic mass is 19.4. The summed E-state index contributed by atoms with van der Waals surface area (Å²) in [5.74, 6) is -1.50. The van der Waals surface area contributed by atoms with Crippen LogP contribution in [-0.4, -0.2) is 51.9 Å². The molecular weight excluding hydrogens is 437 g/mol. The van der Waals surface area contributed by atoms with Gasteiger partial charge in [-0.05, 0) is 51.3 Å². The topological polar surface area (TPSA) is 84.3 Å². The van der Waals surface area contributed by atoms with Gasteiger partial charge in [0.1, 0.15) is 0 Å². The van der Waals surface area contributed by atoms with E-state index in [1.54, 1.807) is 4.90 Å². The number of amides is 2. The van der Waals surface area contributed by atoms with Gasteiger partial charge in [0.25, 0.3) is 11.7 Å². The standard InChI is InChI=1S/C23H27F3N4O3/c1-15-20(16(2)30(28-15)18-9-6-8-17(14-18)23(24,25)26)21(32)22(33)27-11-7-13-29-12-5-3-4-10-19(29)31/h6,8-9,14H,3-5,7,10-13H2,1-2H3,(H,27,33). The van der Waals surface area contributed by atoms with Crippen LogP contribution in [0.2, 0.25) is 0 Å². The quantitative estimate of drug-likeness (QED) is 0.386. The summed E-state index contributed by atoms with van der Waals surface area (Å²) in [5.41, 5.74) is -0.0944. The summed E-state index contributed by atoms with van der Waals surface area (Å²) in [5, 5.41) is 6.76. The zero-order valence-electron chi connectivity index (χ0n) is 18.7. The lowest BCUT2D eigenvalue weighted by Gasteiger charge is -2.20. The predicted molar refractivity (Wildman–Crippen MR) is 115 cm³/mol. The van der Waals surface area contributed by atoms with Crippen molar-refractivity contribution in [3.63, 3.8) is 0 Å². The van der Waals surface area contributed by atoms with E-state index < -0.39 is 23.4 Å². The van der Waals surface area contributed by atoms with E-state index in [1.165, 1.54) is 30.7 Å². The number of alkyl halides is 3. The second-order valence-corrected chi connectivity index (χ2v) is 8.14. The Morgan fingerprint density at radius 2 is 1.91 bits per heavy atom. The van der Waals surface area contributed by atoms with Crippen molar-refractivity contribution in [1.29, 1.82) is 0 Å². The van der Waals surface area contributed by atoms with Crippen molar-refractivity contribution in [1.82, 2.24) is 20.0 Å². The summed E-state index contributed by atoms with van der Waals surface area (Å²) >= 11 is 0. The number of carbonyl (C=O) groups excluding carboxylic acids is 3. The molecule has 0 radical (unpaired) electrons. The number of Topliss-reactive ketones (excluding diaryl/α,β-unsaturated/α-hetero) is 1. The zero-order valence-corrected chi connectivity index (χ0v) is 18.7. The fourth-order valence-corrected chi connectivity index (χ4v) is 3.98. The molecule has 2 amide bonds. The summed E-state index contributed by atoms with van der Waals surface area (Å²) in [6, 6.07) is 4.61. The first kappa shape index (κ1) is 24.5. The molecule has 2 heterocycles. The summed E-state index contributed by atoms with van der Waals surface area (Å²) in [4.78, 5) is 39.0. The van der Waals surface area contributed by atoms with E-state index in [4.69, 9.17) is 0 Å². The van der Waals surface area contributed by atoms with Crippen LogP contribution >= 0.6 is 0 Å². The lowest BCUT2D eigenvalue weighted by Crippen LogP contribution is -2.36. The Kier molecular flexibility index (Phi) is 7.55. The van der Waals surface area contributed by atoms with Gasteiger partial charge in [0.15, 0.2) is 0 Å². The normalized spacial score (nSPS) is 14.8. The molecule has 0 atom stereocenters. The molecule has 0 saturated carbocycles. The van der Waals surface area contributed by atoms with Crippen LogP contribution in [0.3, 0.4) is 0 Å². The molecule has 178 valence electrons. The van der Waals surface area contributed by atoms with Gasteiger partial charge in [-0.1, -0.05) is 12.5 Å². The number of hydrogen-bond acceptors (Lipinski definition) is 4. The summed E-state index contributed by atoms with van der Waals surface area (Å²) in [6.45, 7) is 4.51. The van der Waals surface area contributed by atoms with E-state index >= 15 is 0 Å². The number of ketones is 1. The summed E-state index contributed by atoms with van der Waals surface area (Å²) < 4.78 is 40.4. The van der Waals surface area contributed by atoms with Crippen LogP contribution in [0.5, 0.6) is 0 Å². The van der Waals surface area contributed by atoms with Crippen LogP contribution in [0.4, 0.5) is 13.2 Å². The molecular formula is C23H27F3N4O3. The molecule has 1 aromatic carbocycles. The van der Waals surface area contributed by atoms with Gasteiger partial charge in [-0.2, -0.15) is 18.3 Å². The number of nitrogens with zero attached hydrogens (tertiary/aromatic N) is 3. The van der Waals surface area contributed by atoms with E-state index in [1.807, 2.05) is 0 Å². The first-order valence-electron chi connectivity index (χ1n) is 10.9. The number of rotatable bonds is 7. The maximum atomic E-state index is 13.1. The number of carbonyl (C=O) groups is 3. The molecule has 7 nitrogen and oxygen atoms in total. The van der Waals surface area contributed by atoms with Gasteiger partial charge in [0.2, 0.25) is 5.91 Å². The molecule has 1 N–H and O–H groups in total. The predicted octanol–water partition coefficient (Wildman–Crippen LogP) is 3.60. The van der Waals surface area contributed by atoms with Crippen molar-refractivity contribution in [2.45, 2.75) is 52.1 Å². The van der Waals surface area contributed by atoms with Crippen molar-refractivity contribution in [3.8, 4) is 5.69 Å². The first-order valence-corrected chi connectivity index (χ1v) is 10.9. The van der Waals surface area contributed by atoms with E-state index in [0.717, 1.165) is 31.4 Å². The highest BCUT2D eigenvalue weighted by Gasteiger charge is 2.31. The molecule has 0 unspecified atom stereocenters. The Hall–Kier alpha value is -3.17. The minimum absolute atomic E-state index is 0.0626. The maximum absolute atomic E-state index is 13.1. The Labute approximate surface area is 189 Å². The monoisotopic (exact) mass is 464 g/mol. The van der Waals surface area contributed by atoms with Gasteiger partial charge in [-0.15, -0.1) is 0 Å². The molecule has 0 bridgehead atoms. The smallest absolute Gasteiger partial charge is 0.349 e. The van der Waals surface area contributed by atoms with E-state index in [-0.39, 0.29) is 35.1 Å². The summed E-state index contributed by atoms with van der Waals surface area (Å²) in [6.07, 6.45) is -0.563. The molecule has 2 aromatic rings. The second-order valence-electron chi connectivity index (χ2n) is 8.14. The molecule has 1 saturated heterocycles. The van der Waals surface area contributed by atoms with Crippen molar-refractivity contribution in [2.24, 2.45) is 0 Å². The molecule has 33 heavy (non-hydrogen) atoms. The van der Waals surface area contributed by atoms with Gasteiger partial charge in [0.05, 0.1) is 28.2 Å². The van der Waals surface area contributed by atoms with Crippen molar-refractivity contribution in [2.75, 3.05) is 19.6 Å². The molecule has 0 spiro atoms.